The van der Waals surface area contributed by atoms with Crippen molar-refractivity contribution in [2.24, 2.45) is 11.1 Å². The van der Waals surface area contributed by atoms with Gasteiger partial charge in [0.2, 0.25) is 0 Å². The van der Waals surface area contributed by atoms with Gasteiger partial charge in [-0.25, -0.2) is 0 Å². The molecule has 104 valence electrons. The molecule has 0 bridgehead atoms. The van der Waals surface area contributed by atoms with Gasteiger partial charge in [-0.1, -0.05) is 25.6 Å². The Bertz CT molecular complexity index is 469. The smallest absolute Gasteiger partial charge is 0.120 e. The van der Waals surface area contributed by atoms with Gasteiger partial charge in [0.05, 0.1) is 7.11 Å². The van der Waals surface area contributed by atoms with Crippen molar-refractivity contribution in [3.63, 3.8) is 0 Å². The molecule has 0 atom stereocenters. The maximum atomic E-state index is 5.77. The Labute approximate surface area is 120 Å². The highest BCUT2D eigenvalue weighted by Gasteiger charge is 2.41. The summed E-state index contributed by atoms with van der Waals surface area (Å²) in [5.41, 5.74) is 8.13. The predicted octanol–water partition coefficient (Wildman–Crippen LogP) is 3.32. The highest BCUT2D eigenvalue weighted by atomic mass is 32.1. The molecule has 1 saturated carbocycles. The summed E-state index contributed by atoms with van der Waals surface area (Å²) in [5, 5.41) is 3.51. The Kier molecular flexibility index (Phi) is 4.30. The van der Waals surface area contributed by atoms with E-state index in [2.05, 4.69) is 12.2 Å². The molecule has 0 aliphatic heterocycles. The second-order valence-electron chi connectivity index (χ2n) is 5.38. The molecular weight excluding hydrogens is 256 g/mol. The van der Waals surface area contributed by atoms with Crippen LogP contribution in [0.15, 0.2) is 18.2 Å². The van der Waals surface area contributed by atoms with Crippen LogP contribution in [-0.4, -0.2) is 18.6 Å². The van der Waals surface area contributed by atoms with E-state index in [-0.39, 0.29) is 0 Å². The first kappa shape index (κ1) is 14.1. The molecule has 1 aliphatic rings. The maximum Gasteiger partial charge on any atom is 0.120 e. The Hall–Kier alpha value is -1.29. The quantitative estimate of drug-likeness (QED) is 0.751. The van der Waals surface area contributed by atoms with E-state index in [4.69, 9.17) is 22.7 Å². The van der Waals surface area contributed by atoms with Crippen molar-refractivity contribution in [3.05, 3.63) is 23.8 Å². The van der Waals surface area contributed by atoms with Crippen LogP contribution in [0, 0.1) is 5.41 Å². The largest absolute Gasteiger partial charge is 0.497 e. The molecule has 0 unspecified atom stereocenters. The van der Waals surface area contributed by atoms with E-state index in [1.165, 1.54) is 25.7 Å². The third-order valence-electron chi connectivity index (χ3n) is 3.88. The first-order valence-electron chi connectivity index (χ1n) is 6.82. The van der Waals surface area contributed by atoms with Gasteiger partial charge in [0.1, 0.15) is 10.7 Å². The maximum absolute atomic E-state index is 5.77. The van der Waals surface area contributed by atoms with E-state index in [1.807, 2.05) is 18.2 Å². The number of benzene rings is 1. The van der Waals surface area contributed by atoms with Crippen LogP contribution in [0.5, 0.6) is 5.75 Å². The molecule has 1 aromatic carbocycles. The lowest BCUT2D eigenvalue weighted by atomic mass is 10.0. The molecule has 2 rings (SSSR count). The van der Waals surface area contributed by atoms with Gasteiger partial charge >= 0.3 is 0 Å². The monoisotopic (exact) mass is 278 g/mol. The number of ether oxygens (including phenoxy) is 1. The Balaban J connectivity index is 2.11. The first-order valence-corrected chi connectivity index (χ1v) is 7.23. The molecule has 0 amide bonds. The van der Waals surface area contributed by atoms with Crippen molar-refractivity contribution >= 4 is 22.9 Å². The summed E-state index contributed by atoms with van der Waals surface area (Å²) in [6.07, 6.45) is 5.16. The van der Waals surface area contributed by atoms with Crippen LogP contribution in [0.3, 0.4) is 0 Å². The van der Waals surface area contributed by atoms with Crippen LogP contribution in [0.4, 0.5) is 5.69 Å². The van der Waals surface area contributed by atoms with Crippen LogP contribution in [0.25, 0.3) is 0 Å². The van der Waals surface area contributed by atoms with Gasteiger partial charge in [0.25, 0.3) is 0 Å². The second-order valence-corrected chi connectivity index (χ2v) is 5.82. The second kappa shape index (κ2) is 5.78. The van der Waals surface area contributed by atoms with Gasteiger partial charge in [-0.2, -0.15) is 0 Å². The molecule has 3 N–H and O–H groups in total. The topological polar surface area (TPSA) is 47.3 Å². The van der Waals surface area contributed by atoms with E-state index in [0.29, 0.717) is 10.4 Å². The van der Waals surface area contributed by atoms with Gasteiger partial charge < -0.3 is 15.8 Å². The molecule has 4 heteroatoms. The van der Waals surface area contributed by atoms with Crippen molar-refractivity contribution in [1.82, 2.24) is 0 Å². The van der Waals surface area contributed by atoms with Crippen LogP contribution in [0.2, 0.25) is 0 Å². The number of rotatable bonds is 7. The highest BCUT2D eigenvalue weighted by Crippen LogP contribution is 2.49. The van der Waals surface area contributed by atoms with Crippen LogP contribution in [-0.2, 0) is 0 Å². The fourth-order valence-electron chi connectivity index (χ4n) is 2.52. The molecule has 0 heterocycles. The molecule has 1 aliphatic carbocycles. The van der Waals surface area contributed by atoms with E-state index >= 15 is 0 Å². The molecule has 0 spiro atoms. The van der Waals surface area contributed by atoms with Crippen molar-refractivity contribution in [1.29, 1.82) is 0 Å². The van der Waals surface area contributed by atoms with Crippen molar-refractivity contribution in [2.45, 2.75) is 32.6 Å². The van der Waals surface area contributed by atoms with Gasteiger partial charge in [-0.15, -0.1) is 0 Å². The average Bonchev–Trinajstić information content (AvgIpc) is 3.16. The molecular formula is C15H22N2OS. The van der Waals surface area contributed by atoms with E-state index in [0.717, 1.165) is 23.5 Å². The standard InChI is InChI=1S/C15H22N2OS/c1-3-6-15(7-8-15)10-17-13-9-11(18-2)4-5-12(13)14(16)19/h4-5,9,17H,3,6-8,10H2,1-2H3,(H2,16,19). The summed E-state index contributed by atoms with van der Waals surface area (Å²) in [4.78, 5) is 0.422. The minimum absolute atomic E-state index is 0.422. The lowest BCUT2D eigenvalue weighted by molar-refractivity contribution is 0.415. The molecule has 1 aromatic rings. The summed E-state index contributed by atoms with van der Waals surface area (Å²) in [7, 11) is 1.67. The third kappa shape index (κ3) is 3.38. The van der Waals surface area contributed by atoms with Gasteiger partial charge in [-0.3, -0.25) is 0 Å². The zero-order valence-electron chi connectivity index (χ0n) is 11.7. The summed E-state index contributed by atoms with van der Waals surface area (Å²) in [6, 6.07) is 5.78. The zero-order valence-corrected chi connectivity index (χ0v) is 12.5. The normalized spacial score (nSPS) is 15.9. The molecule has 1 fully saturated rings. The first-order chi connectivity index (χ1) is 9.10. The fourth-order valence-corrected chi connectivity index (χ4v) is 2.69. The number of thiocarbonyl (C=S) groups is 1. The van der Waals surface area contributed by atoms with Crippen molar-refractivity contribution in [2.75, 3.05) is 19.0 Å². The number of nitrogens with two attached hydrogens (primary N) is 1. The molecule has 0 aromatic heterocycles. The van der Waals surface area contributed by atoms with E-state index in [1.54, 1.807) is 7.11 Å². The number of hydrogen-bond acceptors (Lipinski definition) is 3. The zero-order chi connectivity index (χ0) is 13.9. The Morgan fingerprint density at radius 2 is 2.21 bits per heavy atom. The van der Waals surface area contributed by atoms with Gasteiger partial charge in [0, 0.05) is 23.9 Å². The third-order valence-corrected chi connectivity index (χ3v) is 4.10. The van der Waals surface area contributed by atoms with Crippen LogP contribution < -0.4 is 15.8 Å². The highest BCUT2D eigenvalue weighted by molar-refractivity contribution is 7.80. The molecule has 3 nitrogen and oxygen atoms in total. The molecule has 0 radical (unpaired) electrons. The summed E-state index contributed by atoms with van der Waals surface area (Å²) >= 11 is 5.10. The molecule has 19 heavy (non-hydrogen) atoms. The Morgan fingerprint density at radius 3 is 2.74 bits per heavy atom. The lowest BCUT2D eigenvalue weighted by Gasteiger charge is -2.18. The number of methoxy groups -OCH3 is 1. The fraction of sp³-hybridized carbons (Fsp3) is 0.533. The molecule has 0 saturated heterocycles. The Morgan fingerprint density at radius 1 is 1.47 bits per heavy atom. The van der Waals surface area contributed by atoms with E-state index in [9.17, 15) is 0 Å². The number of nitrogens with one attached hydrogen (secondary N) is 1. The predicted molar refractivity (Wildman–Crippen MR) is 83.9 cm³/mol. The van der Waals surface area contributed by atoms with Gasteiger partial charge in [-0.05, 0) is 36.8 Å². The minimum Gasteiger partial charge on any atom is -0.497 e. The SMILES string of the molecule is CCCC1(CNc2cc(OC)ccc2C(N)=S)CC1. The summed E-state index contributed by atoms with van der Waals surface area (Å²) in [6.45, 7) is 3.23. The number of anilines is 1. The summed E-state index contributed by atoms with van der Waals surface area (Å²) < 4.78 is 5.26. The van der Waals surface area contributed by atoms with Crippen LogP contribution in [0.1, 0.15) is 38.2 Å². The van der Waals surface area contributed by atoms with E-state index < -0.39 is 0 Å². The average molecular weight is 278 g/mol. The summed E-state index contributed by atoms with van der Waals surface area (Å²) in [5.74, 6) is 0.822. The lowest BCUT2D eigenvalue weighted by Crippen LogP contribution is -2.19. The minimum atomic E-state index is 0.422. The van der Waals surface area contributed by atoms with Crippen molar-refractivity contribution in [3.8, 4) is 5.75 Å². The van der Waals surface area contributed by atoms with Crippen LogP contribution >= 0.6 is 12.2 Å². The van der Waals surface area contributed by atoms with Gasteiger partial charge in [0.15, 0.2) is 0 Å². The number of hydrogen-bond donors (Lipinski definition) is 2. The van der Waals surface area contributed by atoms with Crippen molar-refractivity contribution < 1.29 is 4.74 Å².